The van der Waals surface area contributed by atoms with Gasteiger partial charge in [-0.1, -0.05) is 32.0 Å². The van der Waals surface area contributed by atoms with Gasteiger partial charge in [-0.25, -0.2) is 0 Å². The Kier molecular flexibility index (Phi) is 6.48. The zero-order valence-corrected chi connectivity index (χ0v) is 13.7. The van der Waals surface area contributed by atoms with Crippen LogP contribution in [0.15, 0.2) is 54.6 Å². The Labute approximate surface area is 137 Å². The summed E-state index contributed by atoms with van der Waals surface area (Å²) in [4.78, 5) is 11.9. The Balaban J connectivity index is 1.72. The van der Waals surface area contributed by atoms with Crippen molar-refractivity contribution < 1.29 is 9.53 Å². The molecule has 122 valence electrons. The molecule has 0 aliphatic rings. The van der Waals surface area contributed by atoms with E-state index in [0.717, 1.165) is 23.7 Å². The van der Waals surface area contributed by atoms with Gasteiger partial charge in [-0.2, -0.15) is 0 Å². The van der Waals surface area contributed by atoms with Crippen LogP contribution < -0.4 is 15.4 Å². The minimum absolute atomic E-state index is 0.0520. The molecule has 0 fully saturated rings. The second-order valence-corrected chi connectivity index (χ2v) is 5.81. The number of rotatable bonds is 8. The maximum atomic E-state index is 11.9. The monoisotopic (exact) mass is 312 g/mol. The summed E-state index contributed by atoms with van der Waals surface area (Å²) in [6, 6.07) is 17.2. The highest BCUT2D eigenvalue weighted by atomic mass is 16.5. The van der Waals surface area contributed by atoms with Crippen LogP contribution in [0, 0.1) is 5.92 Å². The molecule has 0 atom stereocenters. The number of amides is 1. The van der Waals surface area contributed by atoms with Crippen molar-refractivity contribution >= 4 is 17.3 Å². The van der Waals surface area contributed by atoms with Crippen LogP contribution in [-0.2, 0) is 4.79 Å². The zero-order chi connectivity index (χ0) is 16.5. The Morgan fingerprint density at radius 1 is 1.00 bits per heavy atom. The first-order chi connectivity index (χ1) is 11.1. The first-order valence-corrected chi connectivity index (χ1v) is 7.95. The van der Waals surface area contributed by atoms with Gasteiger partial charge >= 0.3 is 0 Å². The van der Waals surface area contributed by atoms with Crippen molar-refractivity contribution in [3.8, 4) is 5.75 Å². The third kappa shape index (κ3) is 6.43. The number of benzene rings is 2. The Hall–Kier alpha value is -2.49. The lowest BCUT2D eigenvalue weighted by Crippen LogP contribution is -2.15. The van der Waals surface area contributed by atoms with E-state index in [0.29, 0.717) is 18.9 Å². The van der Waals surface area contributed by atoms with Crippen LogP contribution in [0.4, 0.5) is 11.4 Å². The fourth-order valence-electron chi connectivity index (χ4n) is 2.00. The van der Waals surface area contributed by atoms with E-state index >= 15 is 0 Å². The predicted octanol–water partition coefficient (Wildman–Crippen LogP) is 4.16. The number of ether oxygens (including phenoxy) is 1. The molecule has 0 aliphatic heterocycles. The molecular formula is C19H24N2O2. The highest BCUT2D eigenvalue weighted by Crippen LogP contribution is 2.14. The van der Waals surface area contributed by atoms with Crippen LogP contribution in [0.3, 0.4) is 0 Å². The molecule has 23 heavy (non-hydrogen) atoms. The fraction of sp³-hybridized carbons (Fsp3) is 0.316. The highest BCUT2D eigenvalue weighted by Gasteiger charge is 2.03. The molecule has 0 aromatic heterocycles. The SMILES string of the molecule is CC(C)CNc1ccc(NC(=O)CCOc2ccccc2)cc1. The third-order valence-corrected chi connectivity index (χ3v) is 3.22. The highest BCUT2D eigenvalue weighted by molar-refractivity contribution is 5.90. The number of hydrogen-bond donors (Lipinski definition) is 2. The number of nitrogens with one attached hydrogen (secondary N) is 2. The molecule has 0 bridgehead atoms. The van der Waals surface area contributed by atoms with E-state index in [9.17, 15) is 4.79 Å². The van der Waals surface area contributed by atoms with Crippen LogP contribution >= 0.6 is 0 Å². The molecule has 0 spiro atoms. The summed E-state index contributed by atoms with van der Waals surface area (Å²) in [5, 5.41) is 6.22. The number of carbonyl (C=O) groups excluding carboxylic acids is 1. The molecule has 2 N–H and O–H groups in total. The first-order valence-electron chi connectivity index (χ1n) is 7.95. The second-order valence-electron chi connectivity index (χ2n) is 5.81. The van der Waals surface area contributed by atoms with Gasteiger partial charge in [0.05, 0.1) is 13.0 Å². The van der Waals surface area contributed by atoms with Crippen LogP contribution in [0.25, 0.3) is 0 Å². The van der Waals surface area contributed by atoms with Crippen molar-refractivity contribution in [2.75, 3.05) is 23.8 Å². The maximum absolute atomic E-state index is 11.9. The Bertz CT molecular complexity index is 595. The van der Waals surface area contributed by atoms with Crippen molar-refractivity contribution in [1.29, 1.82) is 0 Å². The summed E-state index contributed by atoms with van der Waals surface area (Å²) >= 11 is 0. The van der Waals surface area contributed by atoms with Gasteiger partial charge in [0.1, 0.15) is 5.75 Å². The van der Waals surface area contributed by atoms with Crippen molar-refractivity contribution in [2.24, 2.45) is 5.92 Å². The molecule has 0 saturated carbocycles. The normalized spacial score (nSPS) is 10.4. The molecule has 2 aromatic carbocycles. The van der Waals surface area contributed by atoms with E-state index in [4.69, 9.17) is 4.74 Å². The van der Waals surface area contributed by atoms with E-state index in [1.807, 2.05) is 54.6 Å². The summed E-state index contributed by atoms with van der Waals surface area (Å²) in [5.74, 6) is 1.32. The van der Waals surface area contributed by atoms with Crippen LogP contribution in [0.2, 0.25) is 0 Å². The molecule has 1 amide bonds. The van der Waals surface area contributed by atoms with Gasteiger partial charge in [0.2, 0.25) is 5.91 Å². The van der Waals surface area contributed by atoms with Crippen molar-refractivity contribution in [3.05, 3.63) is 54.6 Å². The van der Waals surface area contributed by atoms with Crippen molar-refractivity contribution in [1.82, 2.24) is 0 Å². The van der Waals surface area contributed by atoms with Crippen LogP contribution in [-0.4, -0.2) is 19.1 Å². The van der Waals surface area contributed by atoms with Gasteiger partial charge in [0.15, 0.2) is 0 Å². The van der Waals surface area contributed by atoms with E-state index < -0.39 is 0 Å². The Morgan fingerprint density at radius 3 is 2.30 bits per heavy atom. The number of anilines is 2. The minimum atomic E-state index is -0.0520. The lowest BCUT2D eigenvalue weighted by Gasteiger charge is -2.10. The van der Waals surface area contributed by atoms with Crippen molar-refractivity contribution in [2.45, 2.75) is 20.3 Å². The van der Waals surface area contributed by atoms with Gasteiger partial charge in [-0.15, -0.1) is 0 Å². The molecule has 0 saturated heterocycles. The van der Waals surface area contributed by atoms with E-state index in [-0.39, 0.29) is 5.91 Å². The first kappa shape index (κ1) is 16.9. The van der Waals surface area contributed by atoms with E-state index in [2.05, 4.69) is 24.5 Å². The summed E-state index contributed by atoms with van der Waals surface area (Å²) in [5.41, 5.74) is 1.86. The summed E-state index contributed by atoms with van der Waals surface area (Å²) < 4.78 is 5.52. The van der Waals surface area contributed by atoms with Gasteiger partial charge in [0.25, 0.3) is 0 Å². The Morgan fingerprint density at radius 2 is 1.65 bits per heavy atom. The van der Waals surface area contributed by atoms with E-state index in [1.54, 1.807) is 0 Å². The zero-order valence-electron chi connectivity index (χ0n) is 13.7. The molecule has 0 radical (unpaired) electrons. The van der Waals surface area contributed by atoms with Crippen molar-refractivity contribution in [3.63, 3.8) is 0 Å². The van der Waals surface area contributed by atoms with Gasteiger partial charge < -0.3 is 15.4 Å². The molecule has 2 aromatic rings. The van der Waals surface area contributed by atoms with E-state index in [1.165, 1.54) is 0 Å². The standard InChI is InChI=1S/C19H24N2O2/c1-15(2)14-20-16-8-10-17(11-9-16)21-19(22)12-13-23-18-6-4-3-5-7-18/h3-11,15,20H,12-14H2,1-2H3,(H,21,22). The number of para-hydroxylation sites is 1. The quantitative estimate of drug-likeness (QED) is 0.769. The number of hydrogen-bond acceptors (Lipinski definition) is 3. The molecular weight excluding hydrogens is 288 g/mol. The van der Waals surface area contributed by atoms with Gasteiger partial charge in [-0.05, 0) is 42.3 Å². The van der Waals surface area contributed by atoms with Gasteiger partial charge in [0, 0.05) is 17.9 Å². The molecule has 0 unspecified atom stereocenters. The molecule has 2 rings (SSSR count). The summed E-state index contributed by atoms with van der Waals surface area (Å²) in [6.45, 7) is 5.63. The third-order valence-electron chi connectivity index (χ3n) is 3.22. The van der Waals surface area contributed by atoms with Crippen LogP contribution in [0.1, 0.15) is 20.3 Å². The topological polar surface area (TPSA) is 50.4 Å². The average molecular weight is 312 g/mol. The number of carbonyl (C=O) groups is 1. The summed E-state index contributed by atoms with van der Waals surface area (Å²) in [7, 11) is 0. The molecule has 4 heteroatoms. The molecule has 0 aliphatic carbocycles. The maximum Gasteiger partial charge on any atom is 0.227 e. The lowest BCUT2D eigenvalue weighted by molar-refractivity contribution is -0.116. The summed E-state index contributed by atoms with van der Waals surface area (Å²) in [6.07, 6.45) is 0.322. The smallest absolute Gasteiger partial charge is 0.227 e. The molecule has 0 heterocycles. The largest absolute Gasteiger partial charge is 0.493 e. The van der Waals surface area contributed by atoms with Crippen LogP contribution in [0.5, 0.6) is 5.75 Å². The lowest BCUT2D eigenvalue weighted by atomic mass is 10.2. The second kappa shape index (κ2) is 8.83. The predicted molar refractivity (Wildman–Crippen MR) is 95.0 cm³/mol. The fourth-order valence-corrected chi connectivity index (χ4v) is 2.00. The minimum Gasteiger partial charge on any atom is -0.493 e. The molecule has 4 nitrogen and oxygen atoms in total. The average Bonchev–Trinajstić information content (AvgIpc) is 2.55. The van der Waals surface area contributed by atoms with Gasteiger partial charge in [-0.3, -0.25) is 4.79 Å².